The lowest BCUT2D eigenvalue weighted by Crippen LogP contribution is -2.50. The summed E-state index contributed by atoms with van der Waals surface area (Å²) >= 11 is 0. The molecule has 122 valence electrons. The maximum absolute atomic E-state index is 13.7. The lowest BCUT2D eigenvalue weighted by atomic mass is 10.1. The molecule has 2 fully saturated rings. The monoisotopic (exact) mass is 310 g/mol. The first-order valence-electron chi connectivity index (χ1n) is 8.23. The average molecular weight is 310 g/mol. The highest BCUT2D eigenvalue weighted by molar-refractivity contribution is 5.21. The summed E-state index contributed by atoms with van der Waals surface area (Å²) in [4.78, 5) is 4.72. The van der Waals surface area contributed by atoms with Gasteiger partial charge >= 0.3 is 0 Å². The second kappa shape index (κ2) is 7.02. The van der Waals surface area contributed by atoms with Gasteiger partial charge in [-0.15, -0.1) is 0 Å². The van der Waals surface area contributed by atoms with Gasteiger partial charge in [-0.1, -0.05) is 18.9 Å². The number of hydrogen-bond acceptors (Lipinski definition) is 3. The maximum Gasteiger partial charge on any atom is 0.131 e. The first-order valence-corrected chi connectivity index (χ1v) is 8.23. The fourth-order valence-electron chi connectivity index (χ4n) is 3.70. The van der Waals surface area contributed by atoms with Crippen LogP contribution in [-0.4, -0.2) is 53.7 Å². The van der Waals surface area contributed by atoms with Gasteiger partial charge in [0.25, 0.3) is 0 Å². The van der Waals surface area contributed by atoms with Crippen molar-refractivity contribution in [1.29, 1.82) is 0 Å². The molecular formula is C17H24F2N2O. The molecule has 1 atom stereocenters. The number of nitrogens with zero attached hydrogens (tertiary/aromatic N) is 2. The summed E-state index contributed by atoms with van der Waals surface area (Å²) in [6.45, 7) is 4.24. The van der Waals surface area contributed by atoms with Gasteiger partial charge in [-0.3, -0.25) is 9.80 Å². The number of piperazine rings is 1. The normalized spacial score (nSPS) is 23.0. The highest BCUT2D eigenvalue weighted by Gasteiger charge is 2.27. The number of rotatable bonds is 4. The van der Waals surface area contributed by atoms with Crippen LogP contribution in [0.4, 0.5) is 8.78 Å². The summed E-state index contributed by atoms with van der Waals surface area (Å²) in [5.74, 6) is -1.28. The van der Waals surface area contributed by atoms with E-state index in [2.05, 4.69) is 9.80 Å². The van der Waals surface area contributed by atoms with Crippen molar-refractivity contribution in [3.8, 4) is 0 Å². The van der Waals surface area contributed by atoms with E-state index in [4.69, 9.17) is 0 Å². The van der Waals surface area contributed by atoms with Gasteiger partial charge in [0.15, 0.2) is 0 Å². The zero-order valence-corrected chi connectivity index (χ0v) is 12.8. The number of aliphatic hydroxyl groups excluding tert-OH is 1. The minimum Gasteiger partial charge on any atom is -0.387 e. The Morgan fingerprint density at radius 2 is 1.77 bits per heavy atom. The first-order chi connectivity index (χ1) is 10.6. The van der Waals surface area contributed by atoms with Gasteiger partial charge in [-0.05, 0) is 18.9 Å². The van der Waals surface area contributed by atoms with E-state index in [1.54, 1.807) is 0 Å². The van der Waals surface area contributed by atoms with E-state index in [1.165, 1.54) is 37.8 Å². The molecule has 0 aromatic heterocycles. The minimum absolute atomic E-state index is 0.180. The lowest BCUT2D eigenvalue weighted by Gasteiger charge is -2.38. The van der Waals surface area contributed by atoms with Crippen LogP contribution in [0.1, 0.15) is 37.4 Å². The highest BCUT2D eigenvalue weighted by atomic mass is 19.1. The molecule has 0 spiro atoms. The molecule has 2 aliphatic rings. The van der Waals surface area contributed by atoms with Crippen molar-refractivity contribution < 1.29 is 13.9 Å². The smallest absolute Gasteiger partial charge is 0.131 e. The third-order valence-corrected chi connectivity index (χ3v) is 5.00. The van der Waals surface area contributed by atoms with Crippen LogP contribution in [0.2, 0.25) is 0 Å². The van der Waals surface area contributed by atoms with Crippen LogP contribution in [0.5, 0.6) is 0 Å². The van der Waals surface area contributed by atoms with Crippen LogP contribution in [0.3, 0.4) is 0 Å². The van der Waals surface area contributed by atoms with Crippen LogP contribution in [-0.2, 0) is 0 Å². The molecule has 3 rings (SSSR count). The van der Waals surface area contributed by atoms with Crippen LogP contribution in [0.15, 0.2) is 18.2 Å². The van der Waals surface area contributed by atoms with Gasteiger partial charge in [-0.25, -0.2) is 8.78 Å². The van der Waals surface area contributed by atoms with Crippen molar-refractivity contribution in [2.45, 2.75) is 37.8 Å². The Morgan fingerprint density at radius 3 is 2.41 bits per heavy atom. The number of hydrogen-bond donors (Lipinski definition) is 1. The van der Waals surface area contributed by atoms with Gasteiger partial charge in [0.2, 0.25) is 0 Å². The molecule has 3 nitrogen and oxygen atoms in total. The van der Waals surface area contributed by atoms with Crippen molar-refractivity contribution in [3.63, 3.8) is 0 Å². The summed E-state index contributed by atoms with van der Waals surface area (Å²) in [5.41, 5.74) is 0.180. The van der Waals surface area contributed by atoms with E-state index >= 15 is 0 Å². The predicted molar refractivity (Wildman–Crippen MR) is 81.6 cm³/mol. The quantitative estimate of drug-likeness (QED) is 0.926. The molecule has 0 amide bonds. The van der Waals surface area contributed by atoms with Crippen molar-refractivity contribution in [3.05, 3.63) is 35.4 Å². The number of benzene rings is 1. The molecule has 1 heterocycles. The maximum atomic E-state index is 13.7. The van der Waals surface area contributed by atoms with Crippen molar-refractivity contribution >= 4 is 0 Å². The predicted octanol–water partition coefficient (Wildman–Crippen LogP) is 2.56. The van der Waals surface area contributed by atoms with E-state index in [0.29, 0.717) is 6.54 Å². The summed E-state index contributed by atoms with van der Waals surface area (Å²) in [5, 5.41) is 10.2. The summed E-state index contributed by atoms with van der Waals surface area (Å²) in [6.07, 6.45) is 4.40. The highest BCUT2D eigenvalue weighted by Crippen LogP contribution is 2.25. The van der Waals surface area contributed by atoms with Gasteiger partial charge in [-0.2, -0.15) is 0 Å². The molecule has 0 radical (unpaired) electrons. The Hall–Kier alpha value is -1.04. The Kier molecular flexibility index (Phi) is 5.06. The molecule has 1 aromatic rings. The van der Waals surface area contributed by atoms with Gasteiger partial charge < -0.3 is 5.11 Å². The first kappa shape index (κ1) is 15.8. The molecule has 1 aliphatic carbocycles. The van der Waals surface area contributed by atoms with Crippen LogP contribution in [0.25, 0.3) is 0 Å². The molecule has 5 heteroatoms. The number of halogens is 2. The topological polar surface area (TPSA) is 26.7 Å². The van der Waals surface area contributed by atoms with Crippen LogP contribution < -0.4 is 0 Å². The number of aliphatic hydroxyl groups is 1. The second-order valence-corrected chi connectivity index (χ2v) is 6.46. The summed E-state index contributed by atoms with van der Waals surface area (Å²) in [7, 11) is 0. The number of β-amino-alcohol motifs (C(OH)–C–C–N with tert-alkyl or cyclic N) is 1. The molecule has 1 saturated carbocycles. The van der Waals surface area contributed by atoms with E-state index in [0.717, 1.165) is 38.3 Å². The minimum atomic E-state index is -0.904. The molecule has 1 N–H and O–H groups in total. The van der Waals surface area contributed by atoms with E-state index in [-0.39, 0.29) is 5.56 Å². The van der Waals surface area contributed by atoms with Crippen molar-refractivity contribution in [2.24, 2.45) is 0 Å². The Bertz CT molecular complexity index is 497. The Morgan fingerprint density at radius 1 is 1.09 bits per heavy atom. The zero-order valence-electron chi connectivity index (χ0n) is 12.8. The van der Waals surface area contributed by atoms with Gasteiger partial charge in [0, 0.05) is 50.4 Å². The molecule has 1 aromatic carbocycles. The molecule has 1 aliphatic heterocycles. The fourth-order valence-corrected chi connectivity index (χ4v) is 3.70. The molecular weight excluding hydrogens is 286 g/mol. The molecule has 1 unspecified atom stereocenters. The summed E-state index contributed by atoms with van der Waals surface area (Å²) < 4.78 is 26.6. The van der Waals surface area contributed by atoms with E-state index in [1.807, 2.05) is 0 Å². The van der Waals surface area contributed by atoms with Gasteiger partial charge in [0.05, 0.1) is 6.10 Å². The third-order valence-electron chi connectivity index (χ3n) is 5.00. The van der Waals surface area contributed by atoms with E-state index in [9.17, 15) is 13.9 Å². The van der Waals surface area contributed by atoms with E-state index < -0.39 is 17.7 Å². The molecule has 1 saturated heterocycles. The largest absolute Gasteiger partial charge is 0.387 e. The second-order valence-electron chi connectivity index (χ2n) is 6.46. The standard InChI is InChI=1S/C17H24F2N2O/c18-13-5-6-15(16(19)11-13)17(22)12-20-7-9-21(10-8-20)14-3-1-2-4-14/h5-6,11,14,17,22H,1-4,7-10,12H2. The molecule has 0 bridgehead atoms. The summed E-state index contributed by atoms with van der Waals surface area (Å²) in [6, 6.07) is 4.10. The van der Waals surface area contributed by atoms with Crippen LogP contribution >= 0.6 is 0 Å². The third kappa shape index (κ3) is 3.65. The zero-order chi connectivity index (χ0) is 15.5. The van der Waals surface area contributed by atoms with Crippen molar-refractivity contribution in [1.82, 2.24) is 9.80 Å². The van der Waals surface area contributed by atoms with Crippen molar-refractivity contribution in [2.75, 3.05) is 32.7 Å². The average Bonchev–Trinajstić information content (AvgIpc) is 3.02. The fraction of sp³-hybridized carbons (Fsp3) is 0.647. The van der Waals surface area contributed by atoms with Gasteiger partial charge in [0.1, 0.15) is 11.6 Å². The lowest BCUT2D eigenvalue weighted by molar-refractivity contribution is 0.0558. The Balaban J connectivity index is 1.51. The van der Waals surface area contributed by atoms with Crippen LogP contribution in [0, 0.1) is 11.6 Å². The SMILES string of the molecule is OC(CN1CCN(C2CCCC2)CC1)c1ccc(F)cc1F. The Labute approximate surface area is 130 Å². The molecule has 22 heavy (non-hydrogen) atoms.